The number of hydrogen-bond donors (Lipinski definition) is 1. The highest BCUT2D eigenvalue weighted by atomic mass is 35.5. The van der Waals surface area contributed by atoms with Gasteiger partial charge in [0.05, 0.1) is 19.9 Å². The second kappa shape index (κ2) is 6.83. The van der Waals surface area contributed by atoms with Crippen LogP contribution in [0.1, 0.15) is 18.5 Å². The predicted molar refractivity (Wildman–Crippen MR) is 83.6 cm³/mol. The molecule has 0 aliphatic carbocycles. The Morgan fingerprint density at radius 1 is 1.05 bits per heavy atom. The summed E-state index contributed by atoms with van der Waals surface area (Å²) in [5.41, 5.74) is 1.63. The van der Waals surface area contributed by atoms with Crippen LogP contribution < -0.4 is 14.8 Å². The Bertz CT molecular complexity index is 638. The molecule has 5 nitrogen and oxygen atoms in total. The van der Waals surface area contributed by atoms with Gasteiger partial charge in [0.1, 0.15) is 0 Å². The van der Waals surface area contributed by atoms with E-state index in [2.05, 4.69) is 15.5 Å². The molecule has 112 valence electrons. The number of benzene rings is 1. The molecule has 0 fully saturated rings. The summed E-state index contributed by atoms with van der Waals surface area (Å²) >= 11 is 11.8. The highest BCUT2D eigenvalue weighted by Gasteiger charge is 2.12. The van der Waals surface area contributed by atoms with Gasteiger partial charge in [0.15, 0.2) is 21.8 Å². The van der Waals surface area contributed by atoms with Crippen molar-refractivity contribution in [1.29, 1.82) is 0 Å². The molecular formula is C14H15Cl2N3O2. The molecule has 0 amide bonds. The van der Waals surface area contributed by atoms with Crippen LogP contribution in [0.3, 0.4) is 0 Å². The molecule has 0 saturated heterocycles. The molecule has 1 aromatic carbocycles. The van der Waals surface area contributed by atoms with E-state index < -0.39 is 0 Å². The first-order valence-corrected chi connectivity index (χ1v) is 6.98. The number of methoxy groups -OCH3 is 2. The Morgan fingerprint density at radius 2 is 1.76 bits per heavy atom. The third-order valence-corrected chi connectivity index (χ3v) is 3.46. The first-order chi connectivity index (χ1) is 10.0. The number of hydrogen-bond acceptors (Lipinski definition) is 5. The first-order valence-electron chi connectivity index (χ1n) is 6.22. The maximum atomic E-state index is 5.99. The van der Waals surface area contributed by atoms with Crippen LogP contribution in [-0.2, 0) is 0 Å². The average molecular weight is 328 g/mol. The molecule has 2 rings (SSSR count). The van der Waals surface area contributed by atoms with Gasteiger partial charge in [0.2, 0.25) is 0 Å². The summed E-state index contributed by atoms with van der Waals surface area (Å²) in [6.07, 6.45) is 0. The van der Waals surface area contributed by atoms with E-state index in [0.717, 1.165) is 5.56 Å². The highest BCUT2D eigenvalue weighted by Crippen LogP contribution is 2.32. The fourth-order valence-corrected chi connectivity index (χ4v) is 2.19. The van der Waals surface area contributed by atoms with E-state index in [9.17, 15) is 0 Å². The van der Waals surface area contributed by atoms with E-state index in [0.29, 0.717) is 17.2 Å². The lowest BCUT2D eigenvalue weighted by atomic mass is 10.1. The molecule has 0 saturated carbocycles. The second-order valence-electron chi connectivity index (χ2n) is 4.35. The zero-order valence-corrected chi connectivity index (χ0v) is 13.4. The normalized spacial score (nSPS) is 11.9. The van der Waals surface area contributed by atoms with Gasteiger partial charge in [-0.15, -0.1) is 10.2 Å². The molecule has 0 spiro atoms. The molecule has 1 N–H and O–H groups in total. The standard InChI is InChI=1S/C14H15Cl2N3O2/c1-8(17-10-7-13(15)18-19-14(10)16)9-4-5-11(20-2)12(6-9)21-3/h4-8H,1-3H3,(H,17,18). The van der Waals surface area contributed by atoms with Crippen molar-refractivity contribution in [2.75, 3.05) is 19.5 Å². The Labute approximate surface area is 133 Å². The summed E-state index contributed by atoms with van der Waals surface area (Å²) in [4.78, 5) is 0. The van der Waals surface area contributed by atoms with E-state index in [-0.39, 0.29) is 16.3 Å². The van der Waals surface area contributed by atoms with Crippen LogP contribution in [-0.4, -0.2) is 24.4 Å². The van der Waals surface area contributed by atoms with Crippen LogP contribution in [0.4, 0.5) is 5.69 Å². The van der Waals surface area contributed by atoms with E-state index in [1.54, 1.807) is 20.3 Å². The number of halogens is 2. The topological polar surface area (TPSA) is 56.3 Å². The Kier molecular flexibility index (Phi) is 5.09. The maximum Gasteiger partial charge on any atom is 0.174 e. The number of nitrogens with one attached hydrogen (secondary N) is 1. The molecule has 1 atom stereocenters. The number of rotatable bonds is 5. The fraction of sp³-hybridized carbons (Fsp3) is 0.286. The maximum absolute atomic E-state index is 5.99. The summed E-state index contributed by atoms with van der Waals surface area (Å²) < 4.78 is 10.5. The van der Waals surface area contributed by atoms with Gasteiger partial charge in [-0.2, -0.15) is 0 Å². The molecule has 2 aromatic rings. The van der Waals surface area contributed by atoms with Gasteiger partial charge in [-0.1, -0.05) is 29.3 Å². The minimum atomic E-state index is -0.0254. The lowest BCUT2D eigenvalue weighted by Gasteiger charge is -2.18. The monoisotopic (exact) mass is 327 g/mol. The molecule has 1 aromatic heterocycles. The Balaban J connectivity index is 2.24. The number of anilines is 1. The third-order valence-electron chi connectivity index (χ3n) is 3.00. The quantitative estimate of drug-likeness (QED) is 0.900. The van der Waals surface area contributed by atoms with Crippen molar-refractivity contribution in [2.45, 2.75) is 13.0 Å². The van der Waals surface area contributed by atoms with Crippen LogP contribution in [0, 0.1) is 0 Å². The van der Waals surface area contributed by atoms with Gasteiger partial charge in [0.25, 0.3) is 0 Å². The fourth-order valence-electron chi connectivity index (χ4n) is 1.89. The van der Waals surface area contributed by atoms with Gasteiger partial charge in [-0.25, -0.2) is 0 Å². The summed E-state index contributed by atoms with van der Waals surface area (Å²) in [5.74, 6) is 1.35. The molecule has 0 bridgehead atoms. The lowest BCUT2D eigenvalue weighted by Crippen LogP contribution is -2.08. The number of ether oxygens (including phenoxy) is 2. The molecule has 0 radical (unpaired) electrons. The largest absolute Gasteiger partial charge is 0.493 e. The molecule has 7 heteroatoms. The van der Waals surface area contributed by atoms with Crippen molar-refractivity contribution in [3.8, 4) is 11.5 Å². The van der Waals surface area contributed by atoms with Crippen LogP contribution in [0.5, 0.6) is 11.5 Å². The van der Waals surface area contributed by atoms with E-state index >= 15 is 0 Å². The van der Waals surface area contributed by atoms with Gasteiger partial charge < -0.3 is 14.8 Å². The summed E-state index contributed by atoms with van der Waals surface area (Å²) in [6, 6.07) is 7.31. The van der Waals surface area contributed by atoms with Gasteiger partial charge >= 0.3 is 0 Å². The van der Waals surface area contributed by atoms with E-state index in [1.807, 2.05) is 25.1 Å². The van der Waals surface area contributed by atoms with E-state index in [4.69, 9.17) is 32.7 Å². The van der Waals surface area contributed by atoms with Crippen LogP contribution in [0.2, 0.25) is 10.3 Å². The zero-order valence-electron chi connectivity index (χ0n) is 11.9. The minimum Gasteiger partial charge on any atom is -0.493 e. The molecule has 0 aliphatic rings. The van der Waals surface area contributed by atoms with Gasteiger partial charge in [-0.05, 0) is 24.6 Å². The third kappa shape index (κ3) is 3.68. The summed E-state index contributed by atoms with van der Waals surface area (Å²) in [6.45, 7) is 1.99. The van der Waals surface area contributed by atoms with Crippen molar-refractivity contribution >= 4 is 28.9 Å². The van der Waals surface area contributed by atoms with Crippen LogP contribution in [0.25, 0.3) is 0 Å². The molecule has 1 unspecified atom stereocenters. The van der Waals surface area contributed by atoms with Crippen molar-refractivity contribution < 1.29 is 9.47 Å². The van der Waals surface area contributed by atoms with E-state index in [1.165, 1.54) is 0 Å². The van der Waals surface area contributed by atoms with Gasteiger partial charge in [-0.3, -0.25) is 0 Å². The number of nitrogens with zero attached hydrogens (tertiary/aromatic N) is 2. The SMILES string of the molecule is COc1ccc(C(C)Nc2cc(Cl)nnc2Cl)cc1OC. The molecule has 0 aliphatic heterocycles. The molecule has 21 heavy (non-hydrogen) atoms. The number of aromatic nitrogens is 2. The molecular weight excluding hydrogens is 313 g/mol. The predicted octanol–water partition coefficient (Wildman–Crippen LogP) is 3.97. The first kappa shape index (κ1) is 15.7. The van der Waals surface area contributed by atoms with Crippen LogP contribution >= 0.6 is 23.2 Å². The molecule has 1 heterocycles. The van der Waals surface area contributed by atoms with Crippen molar-refractivity contribution in [1.82, 2.24) is 10.2 Å². The second-order valence-corrected chi connectivity index (χ2v) is 5.10. The minimum absolute atomic E-state index is 0.0254. The smallest absolute Gasteiger partial charge is 0.174 e. The van der Waals surface area contributed by atoms with Crippen molar-refractivity contribution in [2.24, 2.45) is 0 Å². The van der Waals surface area contributed by atoms with Crippen molar-refractivity contribution in [3.63, 3.8) is 0 Å². The average Bonchev–Trinajstić information content (AvgIpc) is 2.50. The highest BCUT2D eigenvalue weighted by molar-refractivity contribution is 6.33. The summed E-state index contributed by atoms with van der Waals surface area (Å²) in [7, 11) is 3.20. The Morgan fingerprint density at radius 3 is 2.43 bits per heavy atom. The Hall–Kier alpha value is -1.72. The van der Waals surface area contributed by atoms with Crippen molar-refractivity contribution in [3.05, 3.63) is 40.1 Å². The van der Waals surface area contributed by atoms with Gasteiger partial charge in [0, 0.05) is 12.1 Å². The zero-order chi connectivity index (χ0) is 15.4. The summed E-state index contributed by atoms with van der Waals surface area (Å²) in [5, 5.41) is 11.2. The van der Waals surface area contributed by atoms with Crippen LogP contribution in [0.15, 0.2) is 24.3 Å². The lowest BCUT2D eigenvalue weighted by molar-refractivity contribution is 0.354.